The van der Waals surface area contributed by atoms with Crippen LogP contribution in [-0.4, -0.2) is 36.4 Å². The highest BCUT2D eigenvalue weighted by atomic mass is 19.1. The number of hydrogen-bond donors (Lipinski definition) is 1. The van der Waals surface area contributed by atoms with Crippen LogP contribution in [0.25, 0.3) is 0 Å². The number of hydrogen-bond acceptors (Lipinski definition) is 6. The first-order valence-corrected chi connectivity index (χ1v) is 7.31. The summed E-state index contributed by atoms with van der Waals surface area (Å²) in [5, 5.41) is 18.3. The van der Waals surface area contributed by atoms with Gasteiger partial charge in [0.25, 0.3) is 0 Å². The summed E-state index contributed by atoms with van der Waals surface area (Å²) in [6.45, 7) is 6.76. The van der Waals surface area contributed by atoms with Gasteiger partial charge in [-0.3, -0.25) is 0 Å². The van der Waals surface area contributed by atoms with Crippen molar-refractivity contribution in [2.45, 2.75) is 45.9 Å². The maximum atomic E-state index is 14.4. The Labute approximate surface area is 127 Å². The Morgan fingerprint density at radius 3 is 2.73 bits per heavy atom. The molecule has 22 heavy (non-hydrogen) atoms. The molecule has 0 radical (unpaired) electrons. The molecular formula is C14H19FN6O. The molecule has 118 valence electrons. The van der Waals surface area contributed by atoms with Gasteiger partial charge < -0.3 is 14.6 Å². The van der Waals surface area contributed by atoms with E-state index in [9.17, 15) is 9.50 Å². The molecule has 1 aliphatic rings. The van der Waals surface area contributed by atoms with Crippen molar-refractivity contribution in [1.82, 2.24) is 24.7 Å². The fourth-order valence-corrected chi connectivity index (χ4v) is 2.65. The zero-order chi connectivity index (χ0) is 15.9. The molecule has 0 saturated heterocycles. The molecular weight excluding hydrogens is 287 g/mol. The Morgan fingerprint density at radius 1 is 1.27 bits per heavy atom. The Morgan fingerprint density at radius 2 is 2.05 bits per heavy atom. The first-order chi connectivity index (χ1) is 10.4. The fourth-order valence-electron chi connectivity index (χ4n) is 2.65. The number of aliphatic hydroxyl groups is 1. The lowest BCUT2D eigenvalue weighted by Crippen LogP contribution is -2.37. The van der Waals surface area contributed by atoms with E-state index in [2.05, 4.69) is 20.2 Å². The molecule has 0 fully saturated rings. The second kappa shape index (κ2) is 5.28. The van der Waals surface area contributed by atoms with Crippen LogP contribution in [0.15, 0.2) is 6.33 Å². The molecule has 0 unspecified atom stereocenters. The first kappa shape index (κ1) is 14.8. The molecule has 0 saturated carbocycles. The second-order valence-electron chi connectivity index (χ2n) is 5.88. The van der Waals surface area contributed by atoms with Crippen molar-refractivity contribution in [2.24, 2.45) is 0 Å². The number of anilines is 1. The van der Waals surface area contributed by atoms with Crippen molar-refractivity contribution in [3.63, 3.8) is 0 Å². The lowest BCUT2D eigenvalue weighted by atomic mass is 10.1. The molecule has 0 aromatic carbocycles. The molecule has 2 aromatic rings. The number of aromatic nitrogens is 5. The van der Waals surface area contributed by atoms with Crippen molar-refractivity contribution in [1.29, 1.82) is 0 Å². The topological polar surface area (TPSA) is 80.0 Å². The predicted molar refractivity (Wildman–Crippen MR) is 77.7 cm³/mol. The highest BCUT2D eigenvalue weighted by Gasteiger charge is 2.30. The Bertz CT molecular complexity index is 693. The molecule has 0 aliphatic carbocycles. The van der Waals surface area contributed by atoms with Gasteiger partial charge in [-0.2, -0.15) is 0 Å². The van der Waals surface area contributed by atoms with Crippen molar-refractivity contribution in [3.05, 3.63) is 29.5 Å². The molecule has 0 amide bonds. The van der Waals surface area contributed by atoms with Crippen LogP contribution < -0.4 is 4.90 Å². The highest BCUT2D eigenvalue weighted by Crippen LogP contribution is 2.25. The van der Waals surface area contributed by atoms with Crippen molar-refractivity contribution in [2.75, 3.05) is 11.4 Å². The minimum absolute atomic E-state index is 0.297. The van der Waals surface area contributed by atoms with E-state index in [-0.39, 0.29) is 5.82 Å². The molecule has 0 atom stereocenters. The smallest absolute Gasteiger partial charge is 0.187 e. The zero-order valence-electron chi connectivity index (χ0n) is 12.9. The van der Waals surface area contributed by atoms with Gasteiger partial charge in [0, 0.05) is 13.1 Å². The average Bonchev–Trinajstić information content (AvgIpc) is 2.90. The molecule has 1 aliphatic heterocycles. The van der Waals surface area contributed by atoms with Crippen molar-refractivity contribution >= 4 is 5.82 Å². The van der Waals surface area contributed by atoms with Crippen LogP contribution in [0, 0.1) is 5.82 Å². The quantitative estimate of drug-likeness (QED) is 0.912. The van der Waals surface area contributed by atoms with E-state index in [1.807, 2.05) is 16.4 Å². The molecule has 0 bridgehead atoms. The van der Waals surface area contributed by atoms with E-state index in [0.29, 0.717) is 49.2 Å². The molecule has 3 heterocycles. The third-order valence-electron chi connectivity index (χ3n) is 3.78. The van der Waals surface area contributed by atoms with Crippen LogP contribution in [0.4, 0.5) is 10.2 Å². The monoisotopic (exact) mass is 306 g/mol. The molecule has 1 N–H and O–H groups in total. The maximum Gasteiger partial charge on any atom is 0.187 e. The van der Waals surface area contributed by atoms with Gasteiger partial charge >= 0.3 is 0 Å². The van der Waals surface area contributed by atoms with Gasteiger partial charge in [-0.05, 0) is 20.3 Å². The van der Waals surface area contributed by atoms with Crippen LogP contribution in [0.5, 0.6) is 0 Å². The van der Waals surface area contributed by atoms with Crippen LogP contribution >= 0.6 is 0 Å². The standard InChI is InChI=1S/C14H19FN6O/c1-4-9-11(15)12(17-8-16-9)20-5-6-21-10(7-20)18-19-13(21)14(2,3)22/h8,22H,4-7H2,1-3H3. The van der Waals surface area contributed by atoms with Crippen LogP contribution in [0.1, 0.15) is 38.1 Å². The summed E-state index contributed by atoms with van der Waals surface area (Å²) in [6, 6.07) is 0. The average molecular weight is 306 g/mol. The van der Waals surface area contributed by atoms with Gasteiger partial charge in [-0.1, -0.05) is 6.92 Å². The summed E-state index contributed by atoms with van der Waals surface area (Å²) in [7, 11) is 0. The lowest BCUT2D eigenvalue weighted by molar-refractivity contribution is 0.0638. The normalized spacial score (nSPS) is 15.0. The third kappa shape index (κ3) is 2.43. The van der Waals surface area contributed by atoms with Crippen LogP contribution in [0.3, 0.4) is 0 Å². The predicted octanol–water partition coefficient (Wildman–Crippen LogP) is 1.02. The first-order valence-electron chi connectivity index (χ1n) is 7.31. The number of fused-ring (bicyclic) bond motifs is 1. The van der Waals surface area contributed by atoms with E-state index < -0.39 is 5.60 Å². The van der Waals surface area contributed by atoms with Gasteiger partial charge in [0.15, 0.2) is 23.3 Å². The maximum absolute atomic E-state index is 14.4. The second-order valence-corrected chi connectivity index (χ2v) is 5.88. The van der Waals surface area contributed by atoms with E-state index in [0.717, 1.165) is 0 Å². The SMILES string of the molecule is CCc1ncnc(N2CCn3c(nnc3C(C)(C)O)C2)c1F. The summed E-state index contributed by atoms with van der Waals surface area (Å²) >= 11 is 0. The van der Waals surface area contributed by atoms with Crippen molar-refractivity contribution in [3.8, 4) is 0 Å². The highest BCUT2D eigenvalue weighted by molar-refractivity contribution is 5.42. The van der Waals surface area contributed by atoms with E-state index in [4.69, 9.17) is 0 Å². The summed E-state index contributed by atoms with van der Waals surface area (Å²) in [6.07, 6.45) is 1.91. The minimum Gasteiger partial charge on any atom is -0.382 e. The fraction of sp³-hybridized carbons (Fsp3) is 0.571. The van der Waals surface area contributed by atoms with Gasteiger partial charge in [0.1, 0.15) is 11.9 Å². The van der Waals surface area contributed by atoms with Gasteiger partial charge in [-0.15, -0.1) is 10.2 Å². The van der Waals surface area contributed by atoms with Crippen molar-refractivity contribution < 1.29 is 9.50 Å². The van der Waals surface area contributed by atoms with Gasteiger partial charge in [0.05, 0.1) is 12.2 Å². The minimum atomic E-state index is -1.05. The summed E-state index contributed by atoms with van der Waals surface area (Å²) in [5.74, 6) is 1.14. The van der Waals surface area contributed by atoms with E-state index >= 15 is 0 Å². The molecule has 0 spiro atoms. The Kier molecular flexibility index (Phi) is 3.56. The summed E-state index contributed by atoms with van der Waals surface area (Å²) in [4.78, 5) is 9.85. The van der Waals surface area contributed by atoms with Crippen LogP contribution in [-0.2, 0) is 25.1 Å². The largest absolute Gasteiger partial charge is 0.382 e. The summed E-state index contributed by atoms with van der Waals surface area (Å²) < 4.78 is 16.3. The number of nitrogens with zero attached hydrogens (tertiary/aromatic N) is 6. The number of halogens is 1. The molecule has 2 aromatic heterocycles. The van der Waals surface area contributed by atoms with E-state index in [1.165, 1.54) is 6.33 Å². The molecule has 3 rings (SSSR count). The molecule has 7 nitrogen and oxygen atoms in total. The molecule has 8 heteroatoms. The van der Waals surface area contributed by atoms with E-state index in [1.54, 1.807) is 13.8 Å². The zero-order valence-corrected chi connectivity index (χ0v) is 12.9. The van der Waals surface area contributed by atoms with Gasteiger partial charge in [-0.25, -0.2) is 14.4 Å². The number of rotatable bonds is 3. The van der Waals surface area contributed by atoms with Crippen LogP contribution in [0.2, 0.25) is 0 Å². The number of aryl methyl sites for hydroxylation is 1. The Hall–Kier alpha value is -2.09. The van der Waals surface area contributed by atoms with Gasteiger partial charge in [0.2, 0.25) is 0 Å². The summed E-state index contributed by atoms with van der Waals surface area (Å²) in [5.41, 5.74) is -0.641. The lowest BCUT2D eigenvalue weighted by Gasteiger charge is -2.30. The Balaban J connectivity index is 1.91. The third-order valence-corrected chi connectivity index (χ3v) is 3.78.